The van der Waals surface area contributed by atoms with E-state index in [1.165, 1.54) is 11.7 Å². The number of benzene rings is 3. The number of nitrogens with one attached hydrogen (secondary N) is 1. The predicted octanol–water partition coefficient (Wildman–Crippen LogP) is 6.19. The van der Waals surface area contributed by atoms with Gasteiger partial charge in [0.25, 0.3) is 5.56 Å². The second-order valence-corrected chi connectivity index (χ2v) is 9.43. The summed E-state index contributed by atoms with van der Waals surface area (Å²) in [6, 6.07) is 18.2. The highest BCUT2D eigenvalue weighted by Crippen LogP contribution is 2.38. The molecule has 0 saturated carbocycles. The van der Waals surface area contributed by atoms with Gasteiger partial charge in [-0.2, -0.15) is 13.2 Å². The van der Waals surface area contributed by atoms with Crippen LogP contribution in [-0.4, -0.2) is 29.2 Å². The van der Waals surface area contributed by atoms with E-state index in [0.717, 1.165) is 30.0 Å². The van der Waals surface area contributed by atoms with Crippen molar-refractivity contribution in [2.75, 3.05) is 19.0 Å². The number of halogens is 4. The molecular weight excluding hydrogens is 527 g/mol. The zero-order valence-corrected chi connectivity index (χ0v) is 21.0. The summed E-state index contributed by atoms with van der Waals surface area (Å²) in [5.74, 6) is -0.627. The maximum absolute atomic E-state index is 13.5. The third-order valence-electron chi connectivity index (χ3n) is 5.46. The lowest BCUT2D eigenvalue weighted by molar-refractivity contribution is -0.137. The topological polar surface area (TPSA) is 73.2 Å². The molecule has 0 unspecified atom stereocenters. The summed E-state index contributed by atoms with van der Waals surface area (Å²) in [6.07, 6.45) is -4.61. The van der Waals surface area contributed by atoms with Crippen LogP contribution in [0.4, 0.5) is 18.9 Å². The molecule has 6 nitrogen and oxygen atoms in total. The van der Waals surface area contributed by atoms with E-state index in [2.05, 4.69) is 10.3 Å². The lowest BCUT2D eigenvalue weighted by Crippen LogP contribution is -2.27. The number of fused-ring (bicyclic) bond motifs is 1. The molecule has 0 bridgehead atoms. The number of anilines is 1. The highest BCUT2D eigenvalue weighted by Gasteiger charge is 2.32. The van der Waals surface area contributed by atoms with E-state index >= 15 is 0 Å². The monoisotopic (exact) mass is 547 g/mol. The van der Waals surface area contributed by atoms with Gasteiger partial charge in [-0.05, 0) is 35.9 Å². The van der Waals surface area contributed by atoms with E-state index < -0.39 is 22.9 Å². The summed E-state index contributed by atoms with van der Waals surface area (Å²) in [6.45, 7) is 0.424. The van der Waals surface area contributed by atoms with Crippen LogP contribution in [0.1, 0.15) is 16.4 Å². The van der Waals surface area contributed by atoms with Crippen LogP contribution in [0.5, 0.6) is 0 Å². The molecule has 0 aliphatic heterocycles. The minimum atomic E-state index is -4.61. The van der Waals surface area contributed by atoms with Crippen molar-refractivity contribution in [3.05, 3.63) is 99.3 Å². The SMILES string of the molecule is COCCn1c(S[C@H](C(=O)Nc2cc(C(F)(F)F)ccc2Cl)c2ccccc2)nc2ccccc2c1=O. The minimum absolute atomic E-state index is 0.0426. The molecule has 0 aliphatic carbocycles. The number of nitrogens with zero attached hydrogens (tertiary/aromatic N) is 2. The molecule has 11 heteroatoms. The molecular formula is C26H21ClF3N3O3S. The summed E-state index contributed by atoms with van der Waals surface area (Å²) < 4.78 is 46.3. The van der Waals surface area contributed by atoms with E-state index in [9.17, 15) is 22.8 Å². The molecule has 0 spiro atoms. The molecule has 0 saturated heterocycles. The number of methoxy groups -OCH3 is 1. The van der Waals surface area contributed by atoms with E-state index in [0.29, 0.717) is 16.5 Å². The van der Waals surface area contributed by atoms with Crippen molar-refractivity contribution < 1.29 is 22.7 Å². The van der Waals surface area contributed by atoms with Crippen molar-refractivity contribution in [3.63, 3.8) is 0 Å². The molecule has 0 aliphatic rings. The van der Waals surface area contributed by atoms with Crippen LogP contribution in [-0.2, 0) is 22.3 Å². The van der Waals surface area contributed by atoms with Crippen LogP contribution in [0.3, 0.4) is 0 Å². The van der Waals surface area contributed by atoms with Crippen molar-refractivity contribution in [2.45, 2.75) is 23.1 Å². The lowest BCUT2D eigenvalue weighted by Gasteiger charge is -2.20. The van der Waals surface area contributed by atoms with Crippen LogP contribution in [0, 0.1) is 0 Å². The summed E-state index contributed by atoms with van der Waals surface area (Å²) in [5.41, 5.74) is -0.393. The largest absolute Gasteiger partial charge is 0.416 e. The number of ether oxygens (including phenoxy) is 1. The van der Waals surface area contributed by atoms with E-state index in [4.69, 9.17) is 16.3 Å². The summed E-state index contributed by atoms with van der Waals surface area (Å²) >= 11 is 7.12. The number of alkyl halides is 3. The highest BCUT2D eigenvalue weighted by molar-refractivity contribution is 8.00. The fourth-order valence-corrected chi connectivity index (χ4v) is 4.91. The molecule has 1 amide bonds. The third-order valence-corrected chi connectivity index (χ3v) is 7.03. The van der Waals surface area contributed by atoms with E-state index in [-0.39, 0.29) is 34.6 Å². The van der Waals surface area contributed by atoms with Gasteiger partial charge in [0.15, 0.2) is 5.16 Å². The van der Waals surface area contributed by atoms with Gasteiger partial charge in [0.1, 0.15) is 5.25 Å². The van der Waals surface area contributed by atoms with Crippen LogP contribution in [0.2, 0.25) is 5.02 Å². The Bertz CT molecular complexity index is 1480. The fraction of sp³-hybridized carbons (Fsp3) is 0.192. The summed E-state index contributed by atoms with van der Waals surface area (Å²) in [4.78, 5) is 31.4. The molecule has 37 heavy (non-hydrogen) atoms. The Morgan fingerprint density at radius 1 is 1.11 bits per heavy atom. The van der Waals surface area contributed by atoms with Gasteiger partial charge in [-0.15, -0.1) is 0 Å². The number of carbonyl (C=O) groups excluding carboxylic acids is 1. The molecule has 1 atom stereocenters. The van der Waals surface area contributed by atoms with Crippen LogP contribution in [0.25, 0.3) is 10.9 Å². The van der Waals surface area contributed by atoms with Crippen molar-refractivity contribution in [1.29, 1.82) is 0 Å². The number of hydrogen-bond donors (Lipinski definition) is 1. The molecule has 0 fully saturated rings. The summed E-state index contributed by atoms with van der Waals surface area (Å²) in [7, 11) is 1.51. The second-order valence-electron chi connectivity index (χ2n) is 7.95. The van der Waals surface area contributed by atoms with Crippen LogP contribution >= 0.6 is 23.4 Å². The van der Waals surface area contributed by atoms with Crippen LogP contribution < -0.4 is 10.9 Å². The quantitative estimate of drug-likeness (QED) is 0.210. The first-order chi connectivity index (χ1) is 17.7. The van der Waals surface area contributed by atoms with Gasteiger partial charge in [0.2, 0.25) is 5.91 Å². The average Bonchev–Trinajstić information content (AvgIpc) is 2.88. The first kappa shape index (κ1) is 26.7. The Morgan fingerprint density at radius 2 is 1.81 bits per heavy atom. The fourth-order valence-electron chi connectivity index (χ4n) is 3.62. The van der Waals surface area contributed by atoms with Crippen LogP contribution in [0.15, 0.2) is 82.7 Å². The van der Waals surface area contributed by atoms with E-state index in [1.807, 2.05) is 0 Å². The van der Waals surface area contributed by atoms with Gasteiger partial charge < -0.3 is 10.1 Å². The number of para-hydroxylation sites is 1. The Balaban J connectivity index is 1.76. The first-order valence-electron chi connectivity index (χ1n) is 11.1. The predicted molar refractivity (Wildman–Crippen MR) is 138 cm³/mol. The number of hydrogen-bond acceptors (Lipinski definition) is 5. The summed E-state index contributed by atoms with van der Waals surface area (Å²) in [5, 5.41) is 2.20. The Morgan fingerprint density at radius 3 is 2.51 bits per heavy atom. The Labute approximate surface area is 219 Å². The molecule has 192 valence electrons. The maximum atomic E-state index is 13.5. The van der Waals surface area contributed by atoms with Gasteiger partial charge in [0, 0.05) is 7.11 Å². The Kier molecular flexibility index (Phi) is 8.21. The zero-order valence-electron chi connectivity index (χ0n) is 19.5. The van der Waals surface area contributed by atoms with Gasteiger partial charge in [-0.1, -0.05) is 65.8 Å². The molecule has 0 radical (unpaired) electrons. The number of amides is 1. The smallest absolute Gasteiger partial charge is 0.383 e. The van der Waals surface area contributed by atoms with Crippen molar-refractivity contribution in [3.8, 4) is 0 Å². The highest BCUT2D eigenvalue weighted by atomic mass is 35.5. The zero-order chi connectivity index (χ0) is 26.6. The number of rotatable bonds is 8. The van der Waals surface area contributed by atoms with Gasteiger partial charge in [-0.25, -0.2) is 4.98 Å². The third kappa shape index (κ3) is 6.15. The second kappa shape index (κ2) is 11.4. The normalized spacial score (nSPS) is 12.5. The molecule has 4 aromatic rings. The lowest BCUT2D eigenvalue weighted by atomic mass is 10.1. The van der Waals surface area contributed by atoms with Crippen molar-refractivity contribution in [2.24, 2.45) is 0 Å². The van der Waals surface area contributed by atoms with Gasteiger partial charge >= 0.3 is 6.18 Å². The van der Waals surface area contributed by atoms with E-state index in [1.54, 1.807) is 54.6 Å². The molecule has 1 heterocycles. The number of thioether (sulfide) groups is 1. The number of carbonyl (C=O) groups is 1. The van der Waals surface area contributed by atoms with Crippen molar-refractivity contribution in [1.82, 2.24) is 9.55 Å². The molecule has 1 aromatic heterocycles. The standard InChI is InChI=1S/C26H21ClF3N3O3S/c1-36-14-13-33-24(35)18-9-5-6-10-20(18)32-25(33)37-22(16-7-3-2-4-8-16)23(34)31-21-15-17(26(28,29)30)11-12-19(21)27/h2-12,15,22H,13-14H2,1H3,(H,31,34)/t22-/m0/s1. The Hall–Kier alpha value is -3.34. The number of aromatic nitrogens is 2. The first-order valence-corrected chi connectivity index (χ1v) is 12.3. The minimum Gasteiger partial charge on any atom is -0.383 e. The molecule has 4 rings (SSSR count). The molecule has 1 N–H and O–H groups in total. The molecule has 3 aromatic carbocycles. The average molecular weight is 548 g/mol. The van der Waals surface area contributed by atoms with Crippen molar-refractivity contribution >= 4 is 45.9 Å². The van der Waals surface area contributed by atoms with Gasteiger partial charge in [-0.3, -0.25) is 14.2 Å². The maximum Gasteiger partial charge on any atom is 0.416 e. The van der Waals surface area contributed by atoms with Gasteiger partial charge in [0.05, 0.1) is 40.3 Å².